The molecule has 0 saturated heterocycles. The average molecular weight is 260 g/mol. The molecule has 0 N–H and O–H groups in total. The van der Waals surface area contributed by atoms with Gasteiger partial charge < -0.3 is 0 Å². The van der Waals surface area contributed by atoms with Crippen molar-refractivity contribution in [3.05, 3.63) is 72.8 Å². The normalized spacial score (nSPS) is 11.2. The van der Waals surface area contributed by atoms with Crippen LogP contribution in [-0.4, -0.2) is 0 Å². The zero-order valence-corrected chi connectivity index (χ0v) is 11.2. The maximum Gasteiger partial charge on any atom is 0.0361 e. The highest BCUT2D eigenvalue weighted by Crippen LogP contribution is 2.36. The van der Waals surface area contributed by atoms with E-state index in [4.69, 9.17) is 0 Å². The van der Waals surface area contributed by atoms with Crippen LogP contribution in [0, 0.1) is 0 Å². The number of fused-ring (bicyclic) bond motifs is 2. The molecular formula is C18H12S. The molecule has 0 unspecified atom stereocenters. The molecule has 1 heterocycles. The number of hydrogen-bond acceptors (Lipinski definition) is 1. The van der Waals surface area contributed by atoms with Crippen molar-refractivity contribution in [2.75, 3.05) is 0 Å². The molecule has 0 aliphatic carbocycles. The van der Waals surface area contributed by atoms with Crippen LogP contribution in [0.3, 0.4) is 0 Å². The van der Waals surface area contributed by atoms with Crippen LogP contribution in [0.2, 0.25) is 0 Å². The summed E-state index contributed by atoms with van der Waals surface area (Å²) >= 11 is 1.87. The molecule has 19 heavy (non-hydrogen) atoms. The monoisotopic (exact) mass is 260 g/mol. The molecule has 0 fully saturated rings. The first-order valence-electron chi connectivity index (χ1n) is 6.38. The van der Waals surface area contributed by atoms with Gasteiger partial charge in [-0.2, -0.15) is 0 Å². The van der Waals surface area contributed by atoms with Gasteiger partial charge >= 0.3 is 0 Å². The second kappa shape index (κ2) is 4.22. The summed E-state index contributed by atoms with van der Waals surface area (Å²) in [6, 6.07) is 26.0. The lowest BCUT2D eigenvalue weighted by Gasteiger charge is -2.03. The first kappa shape index (κ1) is 10.8. The predicted octanol–water partition coefficient (Wildman–Crippen LogP) is 5.72. The maximum absolute atomic E-state index is 2.29. The second-order valence-corrected chi connectivity index (χ2v) is 5.76. The SMILES string of the molecule is c1ccc2sc(-c3cccc4ccccc34)cc2c1. The zero-order valence-electron chi connectivity index (χ0n) is 10.3. The van der Waals surface area contributed by atoms with Gasteiger partial charge in [0.05, 0.1) is 0 Å². The third-order valence-corrected chi connectivity index (χ3v) is 4.63. The predicted molar refractivity (Wildman–Crippen MR) is 84.8 cm³/mol. The van der Waals surface area contributed by atoms with Crippen molar-refractivity contribution < 1.29 is 0 Å². The molecule has 0 spiro atoms. The first-order valence-corrected chi connectivity index (χ1v) is 7.20. The molecule has 1 aromatic heterocycles. The van der Waals surface area contributed by atoms with Gasteiger partial charge in [-0.1, -0.05) is 60.7 Å². The number of thiophene rings is 1. The van der Waals surface area contributed by atoms with Gasteiger partial charge in [-0.3, -0.25) is 0 Å². The van der Waals surface area contributed by atoms with Crippen LogP contribution in [0.5, 0.6) is 0 Å². The van der Waals surface area contributed by atoms with Crippen molar-refractivity contribution >= 4 is 32.2 Å². The van der Waals surface area contributed by atoms with E-state index in [1.807, 2.05) is 11.3 Å². The fourth-order valence-electron chi connectivity index (χ4n) is 2.55. The molecule has 0 atom stereocenters. The summed E-state index contributed by atoms with van der Waals surface area (Å²) in [5.74, 6) is 0. The molecule has 0 radical (unpaired) electrons. The summed E-state index contributed by atoms with van der Waals surface area (Å²) in [6.45, 7) is 0. The van der Waals surface area contributed by atoms with Crippen LogP contribution in [0.1, 0.15) is 0 Å². The minimum Gasteiger partial charge on any atom is -0.135 e. The van der Waals surface area contributed by atoms with Gasteiger partial charge in [0, 0.05) is 9.58 Å². The van der Waals surface area contributed by atoms with Crippen molar-refractivity contribution in [1.82, 2.24) is 0 Å². The Bertz CT molecular complexity index is 833. The van der Waals surface area contributed by atoms with E-state index < -0.39 is 0 Å². The van der Waals surface area contributed by atoms with Gasteiger partial charge in [0.25, 0.3) is 0 Å². The van der Waals surface area contributed by atoms with E-state index in [1.165, 1.54) is 31.3 Å². The standard InChI is InChI=1S/C18H12S/c1-3-9-15-13(6-1)8-5-10-16(15)18-12-14-7-2-4-11-17(14)19-18/h1-12H. The molecule has 0 amide bonds. The van der Waals surface area contributed by atoms with Crippen molar-refractivity contribution in [1.29, 1.82) is 0 Å². The van der Waals surface area contributed by atoms with Crippen molar-refractivity contribution in [2.24, 2.45) is 0 Å². The van der Waals surface area contributed by atoms with Gasteiger partial charge in [0.15, 0.2) is 0 Å². The first-order chi connectivity index (χ1) is 9.42. The quantitative estimate of drug-likeness (QED) is 0.410. The molecule has 3 aromatic carbocycles. The van der Waals surface area contributed by atoms with Gasteiger partial charge in [0.2, 0.25) is 0 Å². The Kier molecular flexibility index (Phi) is 2.39. The maximum atomic E-state index is 2.29. The second-order valence-electron chi connectivity index (χ2n) is 4.68. The number of hydrogen-bond donors (Lipinski definition) is 0. The molecule has 4 aromatic rings. The van der Waals surface area contributed by atoms with Gasteiger partial charge in [-0.15, -0.1) is 11.3 Å². The Morgan fingerprint density at radius 2 is 1.37 bits per heavy atom. The van der Waals surface area contributed by atoms with Crippen LogP contribution >= 0.6 is 11.3 Å². The summed E-state index contributed by atoms with van der Waals surface area (Å²) in [7, 11) is 0. The van der Waals surface area contributed by atoms with E-state index >= 15 is 0 Å². The molecule has 0 aliphatic rings. The van der Waals surface area contributed by atoms with E-state index in [0.717, 1.165) is 0 Å². The summed E-state index contributed by atoms with van der Waals surface area (Å²) in [4.78, 5) is 1.35. The summed E-state index contributed by atoms with van der Waals surface area (Å²) in [5.41, 5.74) is 1.33. The molecule has 4 rings (SSSR count). The molecule has 0 aliphatic heterocycles. The molecule has 1 heteroatoms. The van der Waals surface area contributed by atoms with Gasteiger partial charge in [-0.25, -0.2) is 0 Å². The highest BCUT2D eigenvalue weighted by Gasteiger charge is 2.06. The summed E-state index contributed by atoms with van der Waals surface area (Å²) < 4.78 is 1.35. The van der Waals surface area contributed by atoms with Gasteiger partial charge in [0.1, 0.15) is 0 Å². The highest BCUT2D eigenvalue weighted by molar-refractivity contribution is 7.22. The van der Waals surface area contributed by atoms with E-state index in [9.17, 15) is 0 Å². The third kappa shape index (κ3) is 1.74. The van der Waals surface area contributed by atoms with Crippen LogP contribution in [0.25, 0.3) is 31.3 Å². The van der Waals surface area contributed by atoms with E-state index in [1.54, 1.807) is 0 Å². The van der Waals surface area contributed by atoms with Crippen LogP contribution in [0.4, 0.5) is 0 Å². The van der Waals surface area contributed by atoms with Gasteiger partial charge in [-0.05, 0) is 33.9 Å². The fraction of sp³-hybridized carbons (Fsp3) is 0. The van der Waals surface area contributed by atoms with Crippen LogP contribution < -0.4 is 0 Å². The van der Waals surface area contributed by atoms with Crippen molar-refractivity contribution in [2.45, 2.75) is 0 Å². The Morgan fingerprint density at radius 3 is 2.26 bits per heavy atom. The Labute approximate surface area is 115 Å². The molecule has 90 valence electrons. The summed E-state index contributed by atoms with van der Waals surface area (Å²) in [5, 5.41) is 3.96. The molecule has 0 saturated carbocycles. The fourth-order valence-corrected chi connectivity index (χ4v) is 3.66. The van der Waals surface area contributed by atoms with E-state index in [2.05, 4.69) is 72.8 Å². The van der Waals surface area contributed by atoms with Crippen molar-refractivity contribution in [3.63, 3.8) is 0 Å². The minimum absolute atomic E-state index is 1.30. The summed E-state index contributed by atoms with van der Waals surface area (Å²) in [6.07, 6.45) is 0. The molecule has 0 bridgehead atoms. The average Bonchev–Trinajstić information content (AvgIpc) is 2.90. The lowest BCUT2D eigenvalue weighted by molar-refractivity contribution is 1.74. The lowest BCUT2D eigenvalue weighted by atomic mass is 10.0. The Morgan fingerprint density at radius 1 is 0.632 bits per heavy atom. The topological polar surface area (TPSA) is 0 Å². The number of rotatable bonds is 1. The largest absolute Gasteiger partial charge is 0.135 e. The Hall–Kier alpha value is -2.12. The minimum atomic E-state index is 1.30. The van der Waals surface area contributed by atoms with Crippen molar-refractivity contribution in [3.8, 4) is 10.4 Å². The lowest BCUT2D eigenvalue weighted by Crippen LogP contribution is -1.76. The zero-order chi connectivity index (χ0) is 12.7. The highest BCUT2D eigenvalue weighted by atomic mass is 32.1. The third-order valence-electron chi connectivity index (χ3n) is 3.48. The molecule has 0 nitrogen and oxygen atoms in total. The molecular weight excluding hydrogens is 248 g/mol. The number of benzene rings is 3. The van der Waals surface area contributed by atoms with E-state index in [0.29, 0.717) is 0 Å². The van der Waals surface area contributed by atoms with E-state index in [-0.39, 0.29) is 0 Å². The van der Waals surface area contributed by atoms with Crippen LogP contribution in [0.15, 0.2) is 72.8 Å². The van der Waals surface area contributed by atoms with Crippen LogP contribution in [-0.2, 0) is 0 Å². The Balaban J connectivity index is 2.03. The smallest absolute Gasteiger partial charge is 0.0361 e.